The van der Waals surface area contributed by atoms with Crippen LogP contribution in [0.4, 0.5) is 17.1 Å². The molecule has 6 aromatic carbocycles. The third-order valence-corrected chi connectivity index (χ3v) is 16.1. The topological polar surface area (TPSA) is 3.24 Å². The molecular formula is C52H51NS. The van der Waals surface area contributed by atoms with Crippen molar-refractivity contribution in [3.8, 4) is 11.1 Å². The van der Waals surface area contributed by atoms with Crippen LogP contribution in [0.25, 0.3) is 21.9 Å². The third kappa shape index (κ3) is 4.78. The second-order valence-electron chi connectivity index (χ2n) is 18.8. The summed E-state index contributed by atoms with van der Waals surface area (Å²) in [5, 5.41) is 2.55. The van der Waals surface area contributed by atoms with Crippen molar-refractivity contribution >= 4 is 39.6 Å². The Morgan fingerprint density at radius 3 is 1.93 bits per heavy atom. The molecule has 54 heavy (non-hydrogen) atoms. The normalized spacial score (nSPS) is 26.7. The molecule has 0 amide bonds. The van der Waals surface area contributed by atoms with E-state index in [4.69, 9.17) is 0 Å². The van der Waals surface area contributed by atoms with Gasteiger partial charge in [-0.2, -0.15) is 0 Å². The largest absolute Gasteiger partial charge is 0.310 e. The van der Waals surface area contributed by atoms with Crippen LogP contribution in [0.15, 0.2) is 137 Å². The van der Waals surface area contributed by atoms with Crippen molar-refractivity contribution in [2.45, 2.75) is 98.7 Å². The van der Waals surface area contributed by atoms with Crippen molar-refractivity contribution in [2.24, 2.45) is 23.7 Å². The van der Waals surface area contributed by atoms with Crippen molar-refractivity contribution in [3.05, 3.63) is 150 Å². The van der Waals surface area contributed by atoms with Crippen LogP contribution in [-0.2, 0) is 16.2 Å². The molecule has 1 heterocycles. The van der Waals surface area contributed by atoms with Crippen molar-refractivity contribution in [1.29, 1.82) is 0 Å². The standard InChI is InChI=1S/C52H51NS/c1-50(2)25-26-51(3,4)49-43(50)15-10-17-46(49)53(45-16-9-12-36-11-5-6-13-41(36)45)40-22-19-35(20-23-40)37-21-24-48-44(32-37)52(42-14-7-8-18-47(42)54-48)38-28-33-27-34(30-38)31-39(52)29-33/h5-24,32-34,38-39H,25-31H2,1-4H3. The number of fused-ring (bicyclic) bond motifs is 4. The summed E-state index contributed by atoms with van der Waals surface area (Å²) in [7, 11) is 0. The van der Waals surface area contributed by atoms with E-state index in [0.717, 1.165) is 23.7 Å². The molecule has 1 spiro atoms. The van der Waals surface area contributed by atoms with Crippen LogP contribution in [0.2, 0.25) is 0 Å². The lowest BCUT2D eigenvalue weighted by molar-refractivity contribution is -0.0443. The molecule has 0 saturated heterocycles. The summed E-state index contributed by atoms with van der Waals surface area (Å²) in [5.41, 5.74) is 13.0. The Labute approximate surface area is 326 Å². The Bertz CT molecular complexity index is 2420. The smallest absolute Gasteiger partial charge is 0.0540 e. The molecule has 6 aromatic rings. The van der Waals surface area contributed by atoms with Gasteiger partial charge >= 0.3 is 0 Å². The van der Waals surface area contributed by atoms with E-state index >= 15 is 0 Å². The maximum atomic E-state index is 2.64. The number of hydrogen-bond acceptors (Lipinski definition) is 2. The van der Waals surface area contributed by atoms with E-state index in [0.29, 0.717) is 0 Å². The number of anilines is 3. The van der Waals surface area contributed by atoms with Gasteiger partial charge in [0.1, 0.15) is 0 Å². The zero-order chi connectivity index (χ0) is 36.4. The molecule has 4 fully saturated rings. The summed E-state index contributed by atoms with van der Waals surface area (Å²) in [6.07, 6.45) is 9.50. The predicted octanol–water partition coefficient (Wildman–Crippen LogP) is 14.5. The molecule has 0 N–H and O–H groups in total. The van der Waals surface area contributed by atoms with Crippen LogP contribution in [0.3, 0.4) is 0 Å². The van der Waals surface area contributed by atoms with Gasteiger partial charge in [0, 0.05) is 26.3 Å². The zero-order valence-electron chi connectivity index (χ0n) is 32.2. The van der Waals surface area contributed by atoms with Crippen LogP contribution in [0, 0.1) is 23.7 Å². The van der Waals surface area contributed by atoms with Gasteiger partial charge in [-0.05, 0) is 161 Å². The van der Waals surface area contributed by atoms with Crippen LogP contribution in [0.5, 0.6) is 0 Å². The highest BCUT2D eigenvalue weighted by atomic mass is 32.2. The maximum absolute atomic E-state index is 2.64. The quantitative estimate of drug-likeness (QED) is 0.178. The number of hydrogen-bond donors (Lipinski definition) is 0. The number of benzene rings is 6. The Balaban J connectivity index is 1.05. The summed E-state index contributed by atoms with van der Waals surface area (Å²) in [6.45, 7) is 9.78. The Kier molecular flexibility index (Phi) is 7.27. The highest BCUT2D eigenvalue weighted by molar-refractivity contribution is 7.99. The monoisotopic (exact) mass is 721 g/mol. The molecule has 0 atom stereocenters. The van der Waals surface area contributed by atoms with E-state index in [1.807, 2.05) is 11.8 Å². The van der Waals surface area contributed by atoms with Gasteiger partial charge in [0.2, 0.25) is 0 Å². The Morgan fingerprint density at radius 2 is 1.13 bits per heavy atom. The van der Waals surface area contributed by atoms with Gasteiger partial charge in [0.15, 0.2) is 0 Å². The summed E-state index contributed by atoms with van der Waals surface area (Å²) < 4.78 is 0. The van der Waals surface area contributed by atoms with Gasteiger partial charge in [-0.25, -0.2) is 0 Å². The first kappa shape index (κ1) is 33.1. The molecule has 2 heteroatoms. The minimum Gasteiger partial charge on any atom is -0.310 e. The summed E-state index contributed by atoms with van der Waals surface area (Å²) in [5.74, 6) is 3.39. The molecule has 0 aromatic heterocycles. The van der Waals surface area contributed by atoms with Gasteiger partial charge in [-0.1, -0.05) is 124 Å². The second-order valence-corrected chi connectivity index (χ2v) is 19.9. The van der Waals surface area contributed by atoms with Gasteiger partial charge in [-0.3, -0.25) is 0 Å². The minimum atomic E-state index is 0.0673. The van der Waals surface area contributed by atoms with Crippen LogP contribution < -0.4 is 4.90 Å². The fourth-order valence-corrected chi connectivity index (χ4v) is 13.8. The predicted molar refractivity (Wildman–Crippen MR) is 228 cm³/mol. The highest BCUT2D eigenvalue weighted by Crippen LogP contribution is 2.69. The lowest BCUT2D eigenvalue weighted by Gasteiger charge is -2.63. The van der Waals surface area contributed by atoms with Crippen LogP contribution in [0.1, 0.15) is 94.9 Å². The van der Waals surface area contributed by atoms with E-state index in [-0.39, 0.29) is 16.2 Å². The SMILES string of the molecule is CC1(C)CCC(C)(C)c2c(N(c3ccc(-c4ccc5c(c4)C4(c6ccccc6S5)C5CC6CC(C5)CC4C6)cc3)c3cccc4ccccc34)cccc21. The fourth-order valence-electron chi connectivity index (χ4n) is 12.6. The van der Waals surface area contributed by atoms with E-state index in [2.05, 4.69) is 160 Å². The summed E-state index contributed by atoms with van der Waals surface area (Å²) >= 11 is 2.01. The maximum Gasteiger partial charge on any atom is 0.0540 e. The second kappa shape index (κ2) is 11.9. The molecular weight excluding hydrogens is 671 g/mol. The van der Waals surface area contributed by atoms with E-state index < -0.39 is 0 Å². The third-order valence-electron chi connectivity index (χ3n) is 14.9. The highest BCUT2D eigenvalue weighted by Gasteiger charge is 2.60. The molecule has 5 aliphatic carbocycles. The van der Waals surface area contributed by atoms with Crippen molar-refractivity contribution < 1.29 is 0 Å². The van der Waals surface area contributed by atoms with E-state index in [1.165, 1.54) is 105 Å². The van der Waals surface area contributed by atoms with E-state index in [9.17, 15) is 0 Å². The molecule has 4 saturated carbocycles. The lowest BCUT2D eigenvalue weighted by atomic mass is 9.42. The zero-order valence-corrected chi connectivity index (χ0v) is 33.1. The average molecular weight is 722 g/mol. The van der Waals surface area contributed by atoms with Gasteiger partial charge < -0.3 is 4.90 Å². The van der Waals surface area contributed by atoms with Gasteiger partial charge in [0.05, 0.1) is 11.4 Å². The Hall–Kier alpha value is -4.27. The molecule has 12 rings (SSSR count). The summed E-state index contributed by atoms with van der Waals surface area (Å²) in [4.78, 5) is 5.55. The first-order chi connectivity index (χ1) is 26.2. The summed E-state index contributed by atoms with van der Waals surface area (Å²) in [6, 6.07) is 49.3. The van der Waals surface area contributed by atoms with Gasteiger partial charge in [-0.15, -0.1) is 0 Å². The fraction of sp³-hybridized carbons (Fsp3) is 0.346. The molecule has 0 unspecified atom stereocenters. The van der Waals surface area contributed by atoms with Gasteiger partial charge in [0.25, 0.3) is 0 Å². The molecule has 6 aliphatic rings. The van der Waals surface area contributed by atoms with Crippen LogP contribution >= 0.6 is 11.8 Å². The van der Waals surface area contributed by atoms with Crippen LogP contribution in [-0.4, -0.2) is 0 Å². The number of nitrogens with zero attached hydrogens (tertiary/aromatic N) is 1. The van der Waals surface area contributed by atoms with Crippen molar-refractivity contribution in [3.63, 3.8) is 0 Å². The minimum absolute atomic E-state index is 0.0673. The molecule has 270 valence electrons. The molecule has 0 radical (unpaired) electrons. The van der Waals surface area contributed by atoms with Crippen molar-refractivity contribution in [1.82, 2.24) is 0 Å². The lowest BCUT2D eigenvalue weighted by Crippen LogP contribution is -2.57. The first-order valence-electron chi connectivity index (χ1n) is 20.6. The molecule has 4 bridgehead atoms. The first-order valence-corrected chi connectivity index (χ1v) is 21.5. The number of rotatable bonds is 4. The molecule has 1 nitrogen and oxygen atoms in total. The average Bonchev–Trinajstić information content (AvgIpc) is 3.18. The Morgan fingerprint density at radius 1 is 0.519 bits per heavy atom. The molecule has 1 aliphatic heterocycles. The van der Waals surface area contributed by atoms with Crippen molar-refractivity contribution in [2.75, 3.05) is 4.90 Å². The van der Waals surface area contributed by atoms with E-state index in [1.54, 1.807) is 11.1 Å².